The van der Waals surface area contributed by atoms with E-state index in [1.54, 1.807) is 57.2 Å². The van der Waals surface area contributed by atoms with Gasteiger partial charge in [0.05, 0.1) is 12.2 Å². The highest BCUT2D eigenvalue weighted by Crippen LogP contribution is 2.23. The average molecular weight is 397 g/mol. The lowest BCUT2D eigenvalue weighted by Gasteiger charge is -2.23. The maximum atomic E-state index is 12.7. The predicted octanol–water partition coefficient (Wildman–Crippen LogP) is 3.53. The van der Waals surface area contributed by atoms with Crippen molar-refractivity contribution in [3.8, 4) is 0 Å². The number of nitrogens with one attached hydrogen (secondary N) is 2. The number of carbonyl (C=O) groups is 3. The van der Waals surface area contributed by atoms with Crippen LogP contribution in [-0.2, 0) is 14.3 Å². The van der Waals surface area contributed by atoms with Crippen LogP contribution in [0, 0.1) is 5.41 Å². The molecule has 0 bridgehead atoms. The highest BCUT2D eigenvalue weighted by molar-refractivity contribution is 6.14. The molecule has 0 aliphatic heterocycles. The third-order valence-corrected chi connectivity index (χ3v) is 4.43. The molecular weight excluding hydrogens is 370 g/mol. The lowest BCUT2D eigenvalue weighted by molar-refractivity contribution is -0.135. The Balaban J connectivity index is 2.02. The first-order valence-electron chi connectivity index (χ1n) is 9.32. The summed E-state index contributed by atoms with van der Waals surface area (Å²) in [4.78, 5) is 39.0. The Hall–Kier alpha value is -3.35. The lowest BCUT2D eigenvalue weighted by atomic mass is 9.90. The quantitative estimate of drug-likeness (QED) is 0.551. The van der Waals surface area contributed by atoms with E-state index < -0.39 is 23.2 Å². The fourth-order valence-corrected chi connectivity index (χ4v) is 2.42. The van der Waals surface area contributed by atoms with Gasteiger partial charge >= 0.3 is 5.97 Å². The van der Waals surface area contributed by atoms with Crippen LogP contribution in [0.1, 0.15) is 31.1 Å². The Kier molecular flexibility index (Phi) is 6.98. The van der Waals surface area contributed by atoms with Crippen molar-refractivity contribution in [1.29, 1.82) is 0 Å². The third-order valence-electron chi connectivity index (χ3n) is 4.43. The van der Waals surface area contributed by atoms with Crippen LogP contribution in [-0.4, -0.2) is 38.5 Å². The molecule has 0 saturated carbocycles. The molecule has 0 aliphatic carbocycles. The van der Waals surface area contributed by atoms with Crippen molar-refractivity contribution in [2.24, 2.45) is 5.41 Å². The summed E-state index contributed by atoms with van der Waals surface area (Å²) >= 11 is 0. The summed E-state index contributed by atoms with van der Waals surface area (Å²) in [6.45, 7) is 5.13. The topological polar surface area (TPSA) is 87.7 Å². The summed E-state index contributed by atoms with van der Waals surface area (Å²) < 4.78 is 4.93. The summed E-state index contributed by atoms with van der Waals surface area (Å²) in [5, 5.41) is 5.49. The number of benzene rings is 2. The van der Waals surface area contributed by atoms with Gasteiger partial charge in [-0.2, -0.15) is 0 Å². The maximum absolute atomic E-state index is 12.7. The molecule has 7 heteroatoms. The van der Waals surface area contributed by atoms with Crippen molar-refractivity contribution in [2.45, 2.75) is 20.8 Å². The molecule has 7 nitrogen and oxygen atoms in total. The highest BCUT2D eigenvalue weighted by Gasteiger charge is 2.36. The number of nitrogens with zero attached hydrogens (tertiary/aromatic N) is 1. The molecule has 0 aliphatic rings. The smallest absolute Gasteiger partial charge is 0.338 e. The van der Waals surface area contributed by atoms with Gasteiger partial charge in [-0.05, 0) is 69.3 Å². The Bertz CT molecular complexity index is 872. The molecule has 2 amide bonds. The number of anilines is 3. The van der Waals surface area contributed by atoms with Crippen LogP contribution in [0.4, 0.5) is 17.1 Å². The van der Waals surface area contributed by atoms with E-state index in [2.05, 4.69) is 10.6 Å². The van der Waals surface area contributed by atoms with Gasteiger partial charge in [0.25, 0.3) is 0 Å². The van der Waals surface area contributed by atoms with E-state index in [1.807, 2.05) is 31.1 Å². The summed E-state index contributed by atoms with van der Waals surface area (Å²) in [7, 11) is 3.86. The number of carbonyl (C=O) groups excluding carboxylic acids is 3. The largest absolute Gasteiger partial charge is 0.462 e. The van der Waals surface area contributed by atoms with Crippen LogP contribution in [0.2, 0.25) is 0 Å². The Morgan fingerprint density at radius 2 is 1.31 bits per heavy atom. The van der Waals surface area contributed by atoms with Crippen molar-refractivity contribution in [3.05, 3.63) is 54.1 Å². The monoisotopic (exact) mass is 397 g/mol. The van der Waals surface area contributed by atoms with Crippen LogP contribution < -0.4 is 15.5 Å². The first kappa shape index (κ1) is 21.9. The molecule has 2 aromatic rings. The molecule has 2 rings (SSSR count). The first-order chi connectivity index (χ1) is 13.6. The number of esters is 1. The summed E-state index contributed by atoms with van der Waals surface area (Å²) in [5.41, 5.74) is 1.19. The minimum atomic E-state index is -1.31. The minimum Gasteiger partial charge on any atom is -0.462 e. The van der Waals surface area contributed by atoms with Crippen LogP contribution in [0.25, 0.3) is 0 Å². The second-order valence-corrected chi connectivity index (χ2v) is 7.27. The van der Waals surface area contributed by atoms with Gasteiger partial charge in [0.2, 0.25) is 11.8 Å². The molecule has 0 spiro atoms. The normalized spacial score (nSPS) is 10.8. The van der Waals surface area contributed by atoms with Crippen LogP contribution in [0.3, 0.4) is 0 Å². The van der Waals surface area contributed by atoms with Gasteiger partial charge in [-0.15, -0.1) is 0 Å². The number of ether oxygens (including phenoxy) is 1. The van der Waals surface area contributed by atoms with Crippen molar-refractivity contribution in [2.75, 3.05) is 36.2 Å². The molecule has 0 radical (unpaired) electrons. The van der Waals surface area contributed by atoms with Crippen LogP contribution in [0.15, 0.2) is 48.5 Å². The standard InChI is InChI=1S/C22H27N3O4/c1-6-29-19(26)15-7-9-16(10-8-15)23-20(27)22(2,3)21(28)24-17-11-13-18(14-12-17)25(4)5/h7-14H,6H2,1-5H3,(H,23,27)(H,24,28). The lowest BCUT2D eigenvalue weighted by Crippen LogP contribution is -2.41. The molecule has 0 atom stereocenters. The van der Waals surface area contributed by atoms with Crippen molar-refractivity contribution >= 4 is 34.8 Å². The van der Waals surface area contributed by atoms with E-state index in [-0.39, 0.29) is 0 Å². The van der Waals surface area contributed by atoms with E-state index in [0.717, 1.165) is 5.69 Å². The van der Waals surface area contributed by atoms with Gasteiger partial charge in [0.15, 0.2) is 0 Å². The van der Waals surface area contributed by atoms with Gasteiger partial charge in [-0.25, -0.2) is 4.79 Å². The molecule has 2 N–H and O–H groups in total. The third kappa shape index (κ3) is 5.57. The van der Waals surface area contributed by atoms with Gasteiger partial charge in [-0.1, -0.05) is 0 Å². The Morgan fingerprint density at radius 1 is 0.862 bits per heavy atom. The fraction of sp³-hybridized carbons (Fsp3) is 0.318. The number of hydrogen-bond acceptors (Lipinski definition) is 5. The molecule has 2 aromatic carbocycles. The second kappa shape index (κ2) is 9.23. The molecule has 154 valence electrons. The van der Waals surface area contributed by atoms with Crippen molar-refractivity contribution < 1.29 is 19.1 Å². The highest BCUT2D eigenvalue weighted by atomic mass is 16.5. The van der Waals surface area contributed by atoms with E-state index in [4.69, 9.17) is 4.74 Å². The van der Waals surface area contributed by atoms with Crippen LogP contribution >= 0.6 is 0 Å². The SMILES string of the molecule is CCOC(=O)c1ccc(NC(=O)C(C)(C)C(=O)Nc2ccc(N(C)C)cc2)cc1. The van der Waals surface area contributed by atoms with Gasteiger partial charge in [-0.3, -0.25) is 9.59 Å². The van der Waals surface area contributed by atoms with E-state index in [9.17, 15) is 14.4 Å². The minimum absolute atomic E-state index is 0.290. The van der Waals surface area contributed by atoms with Crippen molar-refractivity contribution in [3.63, 3.8) is 0 Å². The molecule has 29 heavy (non-hydrogen) atoms. The van der Waals surface area contributed by atoms with E-state index in [1.165, 1.54) is 0 Å². The number of amides is 2. The Labute approximate surface area is 171 Å². The van der Waals surface area contributed by atoms with Crippen molar-refractivity contribution in [1.82, 2.24) is 0 Å². The van der Waals surface area contributed by atoms with Crippen LogP contribution in [0.5, 0.6) is 0 Å². The fourth-order valence-electron chi connectivity index (χ4n) is 2.42. The predicted molar refractivity (Wildman–Crippen MR) is 114 cm³/mol. The molecule has 0 aromatic heterocycles. The summed E-state index contributed by atoms with van der Waals surface area (Å²) in [6.07, 6.45) is 0. The zero-order chi connectivity index (χ0) is 21.6. The zero-order valence-corrected chi connectivity index (χ0v) is 17.4. The summed E-state index contributed by atoms with van der Waals surface area (Å²) in [6, 6.07) is 13.7. The molecular formula is C22H27N3O4. The number of hydrogen-bond donors (Lipinski definition) is 2. The first-order valence-corrected chi connectivity index (χ1v) is 9.32. The van der Waals surface area contributed by atoms with Gasteiger partial charge < -0.3 is 20.3 Å². The second-order valence-electron chi connectivity index (χ2n) is 7.27. The number of rotatable bonds is 7. The molecule has 0 heterocycles. The maximum Gasteiger partial charge on any atom is 0.338 e. The van der Waals surface area contributed by atoms with E-state index in [0.29, 0.717) is 23.5 Å². The molecule has 0 fully saturated rings. The molecule has 0 saturated heterocycles. The average Bonchev–Trinajstić information content (AvgIpc) is 2.69. The molecule has 0 unspecified atom stereocenters. The van der Waals surface area contributed by atoms with Gasteiger partial charge in [0.1, 0.15) is 5.41 Å². The zero-order valence-electron chi connectivity index (χ0n) is 17.4. The summed E-state index contributed by atoms with van der Waals surface area (Å²) in [5.74, 6) is -1.30. The Morgan fingerprint density at radius 3 is 1.72 bits per heavy atom. The van der Waals surface area contributed by atoms with Gasteiger partial charge in [0, 0.05) is 31.2 Å². The van der Waals surface area contributed by atoms with E-state index >= 15 is 0 Å².